The van der Waals surface area contributed by atoms with Gasteiger partial charge in [-0.1, -0.05) is 11.6 Å². The predicted molar refractivity (Wildman–Crippen MR) is 70.4 cm³/mol. The van der Waals surface area contributed by atoms with Crippen LogP contribution in [-0.2, 0) is 4.74 Å². The van der Waals surface area contributed by atoms with Crippen molar-refractivity contribution >= 4 is 33.4 Å². The number of carbonyl (C=O) groups excluding carboxylic acids is 1. The van der Waals surface area contributed by atoms with Gasteiger partial charge in [-0.05, 0) is 35.0 Å². The summed E-state index contributed by atoms with van der Waals surface area (Å²) in [4.78, 5) is 13.8. The molecule has 0 bridgehead atoms. The summed E-state index contributed by atoms with van der Waals surface area (Å²) in [6.45, 7) is 3.30. The van der Waals surface area contributed by atoms with Gasteiger partial charge in [-0.3, -0.25) is 4.79 Å². The highest BCUT2D eigenvalue weighted by molar-refractivity contribution is 9.10. The third kappa shape index (κ3) is 2.84. The summed E-state index contributed by atoms with van der Waals surface area (Å²) in [5.74, 6) is -0.938. The van der Waals surface area contributed by atoms with Gasteiger partial charge in [0.25, 0.3) is 5.91 Å². The van der Waals surface area contributed by atoms with E-state index < -0.39 is 5.82 Å². The fourth-order valence-electron chi connectivity index (χ4n) is 1.86. The number of hydrogen-bond donors (Lipinski definition) is 0. The van der Waals surface area contributed by atoms with Crippen LogP contribution in [0.15, 0.2) is 16.6 Å². The van der Waals surface area contributed by atoms with Crippen molar-refractivity contribution in [2.75, 3.05) is 19.7 Å². The highest BCUT2D eigenvalue weighted by atomic mass is 79.9. The van der Waals surface area contributed by atoms with Gasteiger partial charge < -0.3 is 9.64 Å². The molecule has 1 aromatic carbocycles. The average molecular weight is 337 g/mol. The summed E-state index contributed by atoms with van der Waals surface area (Å²) in [6.07, 6.45) is -0.0264. The van der Waals surface area contributed by atoms with Crippen molar-refractivity contribution in [2.24, 2.45) is 0 Å². The van der Waals surface area contributed by atoms with Crippen LogP contribution in [0.3, 0.4) is 0 Å². The van der Waals surface area contributed by atoms with E-state index in [2.05, 4.69) is 15.9 Å². The zero-order valence-corrected chi connectivity index (χ0v) is 12.1. The lowest BCUT2D eigenvalue weighted by Crippen LogP contribution is -2.44. The number of hydrogen-bond acceptors (Lipinski definition) is 2. The fourth-order valence-corrected chi connectivity index (χ4v) is 2.35. The summed E-state index contributed by atoms with van der Waals surface area (Å²) >= 11 is 8.96. The molecule has 2 rings (SSSR count). The van der Waals surface area contributed by atoms with Crippen molar-refractivity contribution in [3.05, 3.63) is 33.0 Å². The van der Waals surface area contributed by atoms with Gasteiger partial charge in [0, 0.05) is 17.6 Å². The Kier molecular flexibility index (Phi) is 4.25. The van der Waals surface area contributed by atoms with Gasteiger partial charge >= 0.3 is 0 Å². The molecule has 1 aliphatic heterocycles. The van der Waals surface area contributed by atoms with Gasteiger partial charge in [0.2, 0.25) is 0 Å². The van der Waals surface area contributed by atoms with Crippen LogP contribution in [-0.4, -0.2) is 36.6 Å². The number of morpholine rings is 1. The molecule has 98 valence electrons. The van der Waals surface area contributed by atoms with Gasteiger partial charge in [-0.15, -0.1) is 0 Å². The Labute approximate surface area is 118 Å². The maximum absolute atomic E-state index is 13.7. The first-order valence-electron chi connectivity index (χ1n) is 5.54. The smallest absolute Gasteiger partial charge is 0.257 e. The van der Waals surface area contributed by atoms with Crippen molar-refractivity contribution in [2.45, 2.75) is 13.0 Å². The van der Waals surface area contributed by atoms with E-state index in [-0.39, 0.29) is 22.6 Å². The molecule has 1 heterocycles. The van der Waals surface area contributed by atoms with E-state index in [1.165, 1.54) is 6.07 Å². The van der Waals surface area contributed by atoms with Gasteiger partial charge in [0.1, 0.15) is 5.82 Å². The van der Waals surface area contributed by atoms with Crippen molar-refractivity contribution in [3.8, 4) is 0 Å². The monoisotopic (exact) mass is 335 g/mol. The Morgan fingerprint density at radius 2 is 2.33 bits per heavy atom. The lowest BCUT2D eigenvalue weighted by Gasteiger charge is -2.31. The first kappa shape index (κ1) is 13.8. The maximum atomic E-state index is 13.7. The summed E-state index contributed by atoms with van der Waals surface area (Å²) in [7, 11) is 0. The third-order valence-corrected chi connectivity index (χ3v) is 3.97. The molecule has 1 unspecified atom stereocenters. The first-order valence-corrected chi connectivity index (χ1v) is 6.71. The number of benzene rings is 1. The van der Waals surface area contributed by atoms with E-state index in [9.17, 15) is 9.18 Å². The van der Waals surface area contributed by atoms with E-state index in [0.29, 0.717) is 24.2 Å². The maximum Gasteiger partial charge on any atom is 0.257 e. The van der Waals surface area contributed by atoms with E-state index in [1.807, 2.05) is 6.92 Å². The zero-order valence-electron chi connectivity index (χ0n) is 9.75. The molecule has 3 nitrogen and oxygen atoms in total. The second-order valence-corrected chi connectivity index (χ2v) is 5.44. The Balaban J connectivity index is 2.25. The Morgan fingerprint density at radius 1 is 1.61 bits per heavy atom. The Hall–Kier alpha value is -0.650. The number of halogens is 3. The predicted octanol–water partition coefficient (Wildman–Crippen LogP) is 3.10. The highest BCUT2D eigenvalue weighted by Gasteiger charge is 2.25. The van der Waals surface area contributed by atoms with Crippen molar-refractivity contribution in [1.82, 2.24) is 4.90 Å². The summed E-state index contributed by atoms with van der Waals surface area (Å²) in [5.41, 5.74) is 0.0281. The molecule has 1 aliphatic rings. The van der Waals surface area contributed by atoms with Gasteiger partial charge in [-0.2, -0.15) is 0 Å². The lowest BCUT2D eigenvalue weighted by molar-refractivity contribution is -0.0125. The molecule has 1 atom stereocenters. The van der Waals surface area contributed by atoms with Gasteiger partial charge in [0.15, 0.2) is 0 Å². The zero-order chi connectivity index (χ0) is 13.3. The van der Waals surface area contributed by atoms with Crippen LogP contribution in [0.2, 0.25) is 5.02 Å². The minimum atomic E-state index is -0.604. The van der Waals surface area contributed by atoms with Gasteiger partial charge in [-0.25, -0.2) is 4.39 Å². The molecule has 1 amide bonds. The molecule has 6 heteroatoms. The van der Waals surface area contributed by atoms with Crippen LogP contribution in [0.5, 0.6) is 0 Å². The molecule has 1 saturated heterocycles. The van der Waals surface area contributed by atoms with Gasteiger partial charge in [0.05, 0.1) is 23.3 Å². The normalized spacial score (nSPS) is 20.0. The summed E-state index contributed by atoms with van der Waals surface area (Å²) in [5, 5.41) is 0.249. The third-order valence-electron chi connectivity index (χ3n) is 2.77. The second-order valence-electron chi connectivity index (χ2n) is 4.18. The van der Waals surface area contributed by atoms with Crippen molar-refractivity contribution < 1.29 is 13.9 Å². The van der Waals surface area contributed by atoms with Crippen LogP contribution < -0.4 is 0 Å². The Morgan fingerprint density at radius 3 is 3.00 bits per heavy atom. The number of nitrogens with zero attached hydrogens (tertiary/aromatic N) is 1. The topological polar surface area (TPSA) is 29.5 Å². The number of carbonyl (C=O) groups is 1. The molecular weight excluding hydrogens is 324 g/mol. The van der Waals surface area contributed by atoms with E-state index >= 15 is 0 Å². The molecule has 0 aromatic heterocycles. The number of ether oxygens (including phenoxy) is 1. The lowest BCUT2D eigenvalue weighted by atomic mass is 10.1. The molecule has 0 aliphatic carbocycles. The van der Waals surface area contributed by atoms with E-state index in [4.69, 9.17) is 16.3 Å². The van der Waals surface area contributed by atoms with Crippen molar-refractivity contribution in [1.29, 1.82) is 0 Å². The quantitative estimate of drug-likeness (QED) is 0.738. The van der Waals surface area contributed by atoms with Crippen molar-refractivity contribution in [3.63, 3.8) is 0 Å². The minimum absolute atomic E-state index is 0.0264. The standard InChI is InChI=1S/C12H12BrClFNO2/c1-7-6-16(2-3-18-7)12(17)8-4-9(13)10(14)5-11(8)15/h4-5,7H,2-3,6H2,1H3. The molecule has 0 radical (unpaired) electrons. The van der Waals surface area contributed by atoms with Crippen LogP contribution in [0, 0.1) is 5.82 Å². The number of amides is 1. The van der Waals surface area contributed by atoms with Crippen LogP contribution in [0.1, 0.15) is 17.3 Å². The minimum Gasteiger partial charge on any atom is -0.375 e. The SMILES string of the molecule is CC1CN(C(=O)c2cc(Br)c(Cl)cc2F)CCO1. The molecule has 1 fully saturated rings. The molecule has 0 spiro atoms. The first-order chi connectivity index (χ1) is 8.49. The molecular formula is C12H12BrClFNO2. The molecule has 0 saturated carbocycles. The van der Waals surface area contributed by atoms with E-state index in [0.717, 1.165) is 6.07 Å². The summed E-state index contributed by atoms with van der Waals surface area (Å²) in [6, 6.07) is 2.56. The number of rotatable bonds is 1. The van der Waals surface area contributed by atoms with Crippen LogP contribution >= 0.6 is 27.5 Å². The molecule has 18 heavy (non-hydrogen) atoms. The molecule has 1 aromatic rings. The largest absolute Gasteiger partial charge is 0.375 e. The average Bonchev–Trinajstić information content (AvgIpc) is 2.33. The summed E-state index contributed by atoms with van der Waals surface area (Å²) < 4.78 is 19.6. The molecule has 0 N–H and O–H groups in total. The van der Waals surface area contributed by atoms with Crippen LogP contribution in [0.4, 0.5) is 4.39 Å². The Bertz CT molecular complexity index is 483. The van der Waals surface area contributed by atoms with E-state index in [1.54, 1.807) is 4.90 Å². The fraction of sp³-hybridized carbons (Fsp3) is 0.417. The highest BCUT2D eigenvalue weighted by Crippen LogP contribution is 2.26. The second kappa shape index (κ2) is 5.55. The van der Waals surface area contributed by atoms with Crippen LogP contribution in [0.25, 0.3) is 0 Å².